The molecule has 5 heteroatoms. The second kappa shape index (κ2) is 2.79. The van der Waals surface area contributed by atoms with E-state index in [2.05, 4.69) is 11.1 Å². The molecular formula is C9H8N2O2S. The Kier molecular flexibility index (Phi) is 1.82. The van der Waals surface area contributed by atoms with E-state index < -0.39 is 11.4 Å². The standard InChI is InChI=1S/C9H8N2O2S/c1-5-2-9(5,4-10)8-11-6(3-14-8)7(12)13/h3,5H,2H2,1H3,(H,12,13). The van der Waals surface area contributed by atoms with Crippen molar-refractivity contribution in [1.82, 2.24) is 4.98 Å². The van der Waals surface area contributed by atoms with Crippen molar-refractivity contribution in [2.24, 2.45) is 5.92 Å². The fourth-order valence-corrected chi connectivity index (χ4v) is 2.57. The van der Waals surface area contributed by atoms with Crippen LogP contribution in [-0.2, 0) is 5.41 Å². The summed E-state index contributed by atoms with van der Waals surface area (Å²) < 4.78 is 0. The topological polar surface area (TPSA) is 74.0 Å². The third-order valence-electron chi connectivity index (χ3n) is 2.61. The molecule has 14 heavy (non-hydrogen) atoms. The van der Waals surface area contributed by atoms with Gasteiger partial charge < -0.3 is 5.11 Å². The van der Waals surface area contributed by atoms with Crippen LogP contribution in [0.3, 0.4) is 0 Å². The van der Waals surface area contributed by atoms with Crippen LogP contribution in [0.5, 0.6) is 0 Å². The number of rotatable bonds is 2. The van der Waals surface area contributed by atoms with Crippen molar-refractivity contribution in [2.45, 2.75) is 18.8 Å². The summed E-state index contributed by atoms with van der Waals surface area (Å²) in [7, 11) is 0. The molecular weight excluding hydrogens is 200 g/mol. The van der Waals surface area contributed by atoms with Gasteiger partial charge in [0.15, 0.2) is 5.69 Å². The smallest absolute Gasteiger partial charge is 0.355 e. The molecule has 0 radical (unpaired) electrons. The van der Waals surface area contributed by atoms with Gasteiger partial charge in [0.1, 0.15) is 10.4 Å². The second-order valence-corrected chi connectivity index (χ2v) is 4.39. The molecule has 1 fully saturated rings. The minimum atomic E-state index is -1.03. The molecule has 1 N–H and O–H groups in total. The van der Waals surface area contributed by atoms with Gasteiger partial charge in [-0.15, -0.1) is 11.3 Å². The van der Waals surface area contributed by atoms with E-state index >= 15 is 0 Å². The Morgan fingerprint density at radius 2 is 2.57 bits per heavy atom. The van der Waals surface area contributed by atoms with Crippen molar-refractivity contribution < 1.29 is 9.90 Å². The van der Waals surface area contributed by atoms with Crippen LogP contribution in [0.1, 0.15) is 28.8 Å². The number of carbonyl (C=O) groups is 1. The summed E-state index contributed by atoms with van der Waals surface area (Å²) in [6.45, 7) is 1.98. The molecule has 72 valence electrons. The average molecular weight is 208 g/mol. The Bertz CT molecular complexity index is 434. The van der Waals surface area contributed by atoms with E-state index in [9.17, 15) is 4.79 Å². The lowest BCUT2D eigenvalue weighted by atomic mass is 10.1. The van der Waals surface area contributed by atoms with Gasteiger partial charge in [-0.1, -0.05) is 6.92 Å². The van der Waals surface area contributed by atoms with Gasteiger partial charge in [-0.2, -0.15) is 5.26 Å². The number of hydrogen-bond acceptors (Lipinski definition) is 4. The molecule has 1 heterocycles. The highest BCUT2D eigenvalue weighted by molar-refractivity contribution is 7.10. The first-order valence-electron chi connectivity index (χ1n) is 4.20. The third kappa shape index (κ3) is 1.11. The minimum Gasteiger partial charge on any atom is -0.476 e. The molecule has 1 saturated carbocycles. The fourth-order valence-electron chi connectivity index (χ4n) is 1.50. The summed E-state index contributed by atoms with van der Waals surface area (Å²) >= 11 is 1.26. The lowest BCUT2D eigenvalue weighted by Crippen LogP contribution is -2.06. The highest BCUT2D eigenvalue weighted by Crippen LogP contribution is 2.54. The Labute approximate surface area is 84.8 Å². The van der Waals surface area contributed by atoms with Crippen molar-refractivity contribution >= 4 is 17.3 Å². The van der Waals surface area contributed by atoms with Crippen LogP contribution in [0.15, 0.2) is 5.38 Å². The largest absolute Gasteiger partial charge is 0.476 e. The second-order valence-electron chi connectivity index (χ2n) is 3.53. The molecule has 2 unspecified atom stereocenters. The van der Waals surface area contributed by atoms with Crippen molar-refractivity contribution in [3.8, 4) is 6.07 Å². The summed E-state index contributed by atoms with van der Waals surface area (Å²) in [5, 5.41) is 19.8. The van der Waals surface area contributed by atoms with Crippen LogP contribution in [-0.4, -0.2) is 16.1 Å². The predicted octanol–water partition coefficient (Wildman–Crippen LogP) is 1.64. The molecule has 4 nitrogen and oxygen atoms in total. The van der Waals surface area contributed by atoms with Gasteiger partial charge in [0, 0.05) is 5.38 Å². The van der Waals surface area contributed by atoms with Gasteiger partial charge in [-0.25, -0.2) is 9.78 Å². The van der Waals surface area contributed by atoms with Crippen LogP contribution >= 0.6 is 11.3 Å². The summed E-state index contributed by atoms with van der Waals surface area (Å²) in [5.74, 6) is -0.741. The predicted molar refractivity (Wildman–Crippen MR) is 50.1 cm³/mol. The molecule has 0 spiro atoms. The van der Waals surface area contributed by atoms with Gasteiger partial charge in [0.05, 0.1) is 6.07 Å². The number of carboxylic acid groups (broad SMARTS) is 1. The zero-order valence-corrected chi connectivity index (χ0v) is 8.34. The SMILES string of the molecule is CC1CC1(C#N)c1nc(C(=O)O)cs1. The van der Waals surface area contributed by atoms with Crippen LogP contribution in [0.2, 0.25) is 0 Å². The quantitative estimate of drug-likeness (QED) is 0.801. The van der Waals surface area contributed by atoms with E-state index in [0.29, 0.717) is 10.9 Å². The van der Waals surface area contributed by atoms with Crippen molar-refractivity contribution in [2.75, 3.05) is 0 Å². The Hall–Kier alpha value is -1.41. The highest BCUT2D eigenvalue weighted by Gasteiger charge is 2.55. The molecule has 0 saturated heterocycles. The molecule has 2 atom stereocenters. The molecule has 0 amide bonds. The molecule has 1 aromatic rings. The van der Waals surface area contributed by atoms with E-state index in [1.807, 2.05) is 6.92 Å². The summed E-state index contributed by atoms with van der Waals surface area (Å²) in [6.07, 6.45) is 0.788. The van der Waals surface area contributed by atoms with E-state index in [0.717, 1.165) is 6.42 Å². The van der Waals surface area contributed by atoms with E-state index in [-0.39, 0.29) is 5.69 Å². The van der Waals surface area contributed by atoms with E-state index in [1.54, 1.807) is 0 Å². The molecule has 1 aromatic heterocycles. The lowest BCUT2D eigenvalue weighted by molar-refractivity contribution is 0.0691. The summed E-state index contributed by atoms with van der Waals surface area (Å²) in [6, 6.07) is 2.23. The summed E-state index contributed by atoms with van der Waals surface area (Å²) in [5.41, 5.74) is -0.461. The maximum atomic E-state index is 10.6. The maximum Gasteiger partial charge on any atom is 0.355 e. The minimum absolute atomic E-state index is 0.0405. The number of aromatic nitrogens is 1. The van der Waals surface area contributed by atoms with Crippen molar-refractivity contribution in [3.05, 3.63) is 16.1 Å². The van der Waals surface area contributed by atoms with Crippen molar-refractivity contribution in [3.63, 3.8) is 0 Å². The number of hydrogen-bond donors (Lipinski definition) is 1. The van der Waals surface area contributed by atoms with Gasteiger partial charge in [0.25, 0.3) is 0 Å². The van der Waals surface area contributed by atoms with Crippen LogP contribution in [0, 0.1) is 17.2 Å². The van der Waals surface area contributed by atoms with Crippen LogP contribution in [0.4, 0.5) is 0 Å². The van der Waals surface area contributed by atoms with Gasteiger partial charge in [-0.05, 0) is 12.3 Å². The average Bonchev–Trinajstić information content (AvgIpc) is 2.65. The van der Waals surface area contributed by atoms with E-state index in [1.165, 1.54) is 16.7 Å². The van der Waals surface area contributed by atoms with Gasteiger partial charge in [-0.3, -0.25) is 0 Å². The Balaban J connectivity index is 2.35. The molecule has 0 aromatic carbocycles. The highest BCUT2D eigenvalue weighted by atomic mass is 32.1. The molecule has 2 rings (SSSR count). The van der Waals surface area contributed by atoms with Crippen LogP contribution < -0.4 is 0 Å². The van der Waals surface area contributed by atoms with E-state index in [4.69, 9.17) is 10.4 Å². The number of nitriles is 1. The zero-order chi connectivity index (χ0) is 10.3. The fraction of sp³-hybridized carbons (Fsp3) is 0.444. The monoisotopic (exact) mass is 208 g/mol. The zero-order valence-electron chi connectivity index (χ0n) is 7.52. The first kappa shape index (κ1) is 9.16. The normalized spacial score (nSPS) is 29.6. The Morgan fingerprint density at radius 1 is 1.93 bits per heavy atom. The number of nitrogens with zero attached hydrogens (tertiary/aromatic N) is 2. The van der Waals surface area contributed by atoms with Crippen LogP contribution in [0.25, 0.3) is 0 Å². The molecule has 0 bridgehead atoms. The lowest BCUT2D eigenvalue weighted by Gasteiger charge is -1.99. The number of carboxylic acids is 1. The Morgan fingerprint density at radius 3 is 2.93 bits per heavy atom. The van der Waals surface area contributed by atoms with Gasteiger partial charge in [0.2, 0.25) is 0 Å². The first-order valence-corrected chi connectivity index (χ1v) is 5.08. The maximum absolute atomic E-state index is 10.6. The number of aromatic carboxylic acids is 1. The van der Waals surface area contributed by atoms with Gasteiger partial charge >= 0.3 is 5.97 Å². The summed E-state index contributed by atoms with van der Waals surface area (Å²) in [4.78, 5) is 14.6. The first-order chi connectivity index (χ1) is 6.60. The molecule has 0 aliphatic heterocycles. The van der Waals surface area contributed by atoms with Crippen molar-refractivity contribution in [1.29, 1.82) is 5.26 Å². The molecule has 1 aliphatic rings. The third-order valence-corrected chi connectivity index (χ3v) is 3.63. The molecule has 1 aliphatic carbocycles. The number of thiazole rings is 1.